The Morgan fingerprint density at radius 3 is 2.92 bits per heavy atom. The third-order valence-electron chi connectivity index (χ3n) is 1.78. The molecule has 0 spiro atoms. The van der Waals surface area contributed by atoms with Crippen LogP contribution in [0.2, 0.25) is 0 Å². The molecule has 2 nitrogen and oxygen atoms in total. The second kappa shape index (κ2) is 2.48. The van der Waals surface area contributed by atoms with E-state index in [-0.39, 0.29) is 0 Å². The summed E-state index contributed by atoms with van der Waals surface area (Å²) in [5.74, 6) is 0. The van der Waals surface area contributed by atoms with Crippen molar-refractivity contribution < 1.29 is 4.52 Å². The fraction of sp³-hybridized carbons (Fsp3) is 0.100. The molecule has 0 fully saturated rings. The van der Waals surface area contributed by atoms with Crippen molar-refractivity contribution in [1.29, 1.82) is 0 Å². The molecule has 2 rings (SSSR count). The number of benzene rings is 1. The molecular weight excluding hydrogens is 150 g/mol. The molecule has 12 heavy (non-hydrogen) atoms. The Bertz CT molecular complexity index is 428. The third kappa shape index (κ3) is 0.925. The lowest BCUT2D eigenvalue weighted by Crippen LogP contribution is -1.76. The molecule has 2 aromatic rings. The van der Waals surface area contributed by atoms with Crippen LogP contribution in [-0.4, -0.2) is 5.16 Å². The van der Waals surface area contributed by atoms with Crippen LogP contribution in [0.5, 0.6) is 0 Å². The van der Waals surface area contributed by atoms with Crippen molar-refractivity contribution in [3.8, 4) is 0 Å². The number of hydrogen-bond acceptors (Lipinski definition) is 2. The maximum atomic E-state index is 5.10. The number of nitrogens with zero attached hydrogens (tertiary/aromatic N) is 1. The van der Waals surface area contributed by atoms with Gasteiger partial charge in [-0.05, 0) is 24.6 Å². The highest BCUT2D eigenvalue weighted by Gasteiger charge is 2.06. The topological polar surface area (TPSA) is 26.0 Å². The van der Waals surface area contributed by atoms with Crippen LogP contribution in [0.25, 0.3) is 16.5 Å². The van der Waals surface area contributed by atoms with E-state index in [1.54, 1.807) is 0 Å². The van der Waals surface area contributed by atoms with Crippen molar-refractivity contribution in [2.45, 2.75) is 6.92 Å². The zero-order chi connectivity index (χ0) is 8.55. The molecule has 0 amide bonds. The molecule has 0 radical (unpaired) electrons. The van der Waals surface area contributed by atoms with Gasteiger partial charge in [-0.25, -0.2) is 0 Å². The summed E-state index contributed by atoms with van der Waals surface area (Å²) in [6.45, 7) is 5.75. The van der Waals surface area contributed by atoms with Gasteiger partial charge in [-0.15, -0.1) is 0 Å². The van der Waals surface area contributed by atoms with E-state index < -0.39 is 0 Å². The maximum Gasteiger partial charge on any atom is 0.167 e. The summed E-state index contributed by atoms with van der Waals surface area (Å²) in [5, 5.41) is 4.95. The van der Waals surface area contributed by atoms with Gasteiger partial charge < -0.3 is 4.52 Å². The first-order chi connectivity index (χ1) is 5.79. The SMILES string of the molecule is C=C(C)c1noc2ccccc12. The Labute approximate surface area is 70.5 Å². The van der Waals surface area contributed by atoms with Crippen molar-refractivity contribution in [3.63, 3.8) is 0 Å². The lowest BCUT2D eigenvalue weighted by molar-refractivity contribution is 0.454. The van der Waals surface area contributed by atoms with Crippen LogP contribution in [0.4, 0.5) is 0 Å². The van der Waals surface area contributed by atoms with Gasteiger partial charge >= 0.3 is 0 Å². The van der Waals surface area contributed by atoms with E-state index in [4.69, 9.17) is 4.52 Å². The molecule has 0 saturated carbocycles. The molecule has 0 aliphatic heterocycles. The summed E-state index contributed by atoms with van der Waals surface area (Å²) >= 11 is 0. The normalized spacial score (nSPS) is 10.4. The standard InChI is InChI=1S/C10H9NO/c1-7(2)10-8-5-3-4-6-9(8)12-11-10/h3-6H,1H2,2H3. The number of fused-ring (bicyclic) bond motifs is 1. The van der Waals surface area contributed by atoms with Gasteiger partial charge in [0.15, 0.2) is 5.58 Å². The predicted molar refractivity (Wildman–Crippen MR) is 48.7 cm³/mol. The second-order valence-electron chi connectivity index (χ2n) is 2.81. The van der Waals surface area contributed by atoms with Gasteiger partial charge in [-0.2, -0.15) is 0 Å². The molecule has 0 bridgehead atoms. The first-order valence-electron chi connectivity index (χ1n) is 3.79. The first-order valence-corrected chi connectivity index (χ1v) is 3.79. The largest absolute Gasteiger partial charge is 0.356 e. The van der Waals surface area contributed by atoms with Crippen molar-refractivity contribution in [3.05, 3.63) is 36.5 Å². The average Bonchev–Trinajstić information content (AvgIpc) is 2.47. The number of rotatable bonds is 1. The summed E-state index contributed by atoms with van der Waals surface area (Å²) in [4.78, 5) is 0. The van der Waals surface area contributed by atoms with Gasteiger partial charge in [0, 0.05) is 5.39 Å². The molecule has 0 saturated heterocycles. The van der Waals surface area contributed by atoms with E-state index in [1.165, 1.54) is 0 Å². The highest BCUT2D eigenvalue weighted by Crippen LogP contribution is 2.22. The molecule has 2 heteroatoms. The molecule has 1 aromatic heterocycles. The van der Waals surface area contributed by atoms with Crippen LogP contribution < -0.4 is 0 Å². The fourth-order valence-electron chi connectivity index (χ4n) is 1.19. The molecule has 0 aliphatic carbocycles. The van der Waals surface area contributed by atoms with Gasteiger partial charge in [0.2, 0.25) is 0 Å². The molecule has 60 valence electrons. The quantitative estimate of drug-likeness (QED) is 0.639. The van der Waals surface area contributed by atoms with Gasteiger partial charge in [0.1, 0.15) is 5.69 Å². The van der Waals surface area contributed by atoms with Crippen LogP contribution >= 0.6 is 0 Å². The fourth-order valence-corrected chi connectivity index (χ4v) is 1.19. The van der Waals surface area contributed by atoms with Crippen molar-refractivity contribution in [2.75, 3.05) is 0 Å². The minimum Gasteiger partial charge on any atom is -0.356 e. The molecule has 0 N–H and O–H groups in total. The molecule has 1 aromatic carbocycles. The minimum absolute atomic E-state index is 0.815. The Balaban J connectivity index is 2.79. The smallest absolute Gasteiger partial charge is 0.167 e. The number of allylic oxidation sites excluding steroid dienone is 1. The maximum absolute atomic E-state index is 5.10. The lowest BCUT2D eigenvalue weighted by atomic mass is 10.1. The third-order valence-corrected chi connectivity index (χ3v) is 1.78. The lowest BCUT2D eigenvalue weighted by Gasteiger charge is -1.89. The molecule has 1 heterocycles. The van der Waals surface area contributed by atoms with Gasteiger partial charge in [0.25, 0.3) is 0 Å². The molecule has 0 aliphatic rings. The van der Waals surface area contributed by atoms with Gasteiger partial charge in [0.05, 0.1) is 0 Å². The van der Waals surface area contributed by atoms with E-state index in [2.05, 4.69) is 11.7 Å². The van der Waals surface area contributed by atoms with Crippen LogP contribution in [-0.2, 0) is 0 Å². The summed E-state index contributed by atoms with van der Waals surface area (Å²) in [7, 11) is 0. The average molecular weight is 159 g/mol. The van der Waals surface area contributed by atoms with Gasteiger partial charge in [-0.3, -0.25) is 0 Å². The van der Waals surface area contributed by atoms with Crippen LogP contribution in [0.15, 0.2) is 35.4 Å². The Morgan fingerprint density at radius 1 is 1.42 bits per heavy atom. The summed E-state index contributed by atoms with van der Waals surface area (Å²) in [5.41, 5.74) is 2.60. The van der Waals surface area contributed by atoms with Crippen LogP contribution in [0, 0.1) is 0 Å². The second-order valence-corrected chi connectivity index (χ2v) is 2.81. The zero-order valence-corrected chi connectivity index (χ0v) is 6.87. The minimum atomic E-state index is 0.815. The summed E-state index contributed by atoms with van der Waals surface area (Å²) < 4.78 is 5.10. The zero-order valence-electron chi connectivity index (χ0n) is 6.87. The van der Waals surface area contributed by atoms with E-state index in [9.17, 15) is 0 Å². The molecule has 0 atom stereocenters. The first kappa shape index (κ1) is 7.10. The Morgan fingerprint density at radius 2 is 2.17 bits per heavy atom. The summed E-state index contributed by atoms with van der Waals surface area (Å²) in [6, 6.07) is 7.77. The van der Waals surface area contributed by atoms with E-state index in [1.807, 2.05) is 31.2 Å². The Hall–Kier alpha value is -1.57. The van der Waals surface area contributed by atoms with E-state index >= 15 is 0 Å². The number of hydrogen-bond donors (Lipinski definition) is 0. The van der Waals surface area contributed by atoms with E-state index in [0.29, 0.717) is 0 Å². The predicted octanol–water partition coefficient (Wildman–Crippen LogP) is 2.86. The monoisotopic (exact) mass is 159 g/mol. The van der Waals surface area contributed by atoms with Crippen molar-refractivity contribution in [2.24, 2.45) is 0 Å². The van der Waals surface area contributed by atoms with Crippen LogP contribution in [0.1, 0.15) is 12.6 Å². The Kier molecular flexibility index (Phi) is 1.47. The van der Waals surface area contributed by atoms with Crippen molar-refractivity contribution in [1.82, 2.24) is 5.16 Å². The van der Waals surface area contributed by atoms with Gasteiger partial charge in [-0.1, -0.05) is 23.9 Å². The van der Waals surface area contributed by atoms with E-state index in [0.717, 1.165) is 22.2 Å². The molecular formula is C10H9NO. The molecule has 0 unspecified atom stereocenters. The number of aromatic nitrogens is 1. The highest BCUT2D eigenvalue weighted by molar-refractivity contribution is 5.87. The number of para-hydroxylation sites is 1. The van der Waals surface area contributed by atoms with Crippen LogP contribution in [0.3, 0.4) is 0 Å². The summed E-state index contributed by atoms with van der Waals surface area (Å²) in [6.07, 6.45) is 0. The van der Waals surface area contributed by atoms with Crippen molar-refractivity contribution >= 4 is 16.5 Å². The highest BCUT2D eigenvalue weighted by atomic mass is 16.5.